The fourth-order valence-electron chi connectivity index (χ4n) is 1.86. The Morgan fingerprint density at radius 3 is 2.00 bits per heavy atom. The molecule has 2 aromatic rings. The highest BCUT2D eigenvalue weighted by Gasteiger charge is 2.08. The third-order valence-corrected chi connectivity index (χ3v) is 2.89. The van der Waals surface area contributed by atoms with Gasteiger partial charge in [0.2, 0.25) is 5.69 Å². The molecule has 2 aromatic carbocycles. The number of methoxy groups -OCH3 is 2. The Balaban J connectivity index is 2.37. The minimum Gasteiger partial charge on any atom is -0.496 e. The average molecular weight is 256 g/mol. The molecule has 3 heteroatoms. The van der Waals surface area contributed by atoms with Crippen molar-refractivity contribution >= 4 is 11.4 Å². The molecular weight excluding hydrogens is 238 g/mol. The van der Waals surface area contributed by atoms with Crippen LogP contribution in [0.3, 0.4) is 0 Å². The normalized spacial score (nSPS) is 11.2. The molecule has 0 aliphatic rings. The summed E-state index contributed by atoms with van der Waals surface area (Å²) in [6.07, 6.45) is 0. The molecule has 0 aliphatic carbocycles. The lowest BCUT2D eigenvalue weighted by molar-refractivity contribution is -0.353. The van der Waals surface area contributed by atoms with E-state index in [0.29, 0.717) is 0 Å². The lowest BCUT2D eigenvalue weighted by Gasteiger charge is -2.03. The van der Waals surface area contributed by atoms with Gasteiger partial charge in [-0.2, -0.15) is 0 Å². The maximum Gasteiger partial charge on any atom is 0.211 e. The van der Waals surface area contributed by atoms with Crippen molar-refractivity contribution in [1.82, 2.24) is 0 Å². The number of hydrogen-bond acceptors (Lipinski definition) is 2. The standard InChI is InChI=1S/C16H17NO2/c1-12(13-7-5-4-6-8-13)17-14-9-15(18-2)11-16(10-14)19-3/h4-11H,1-3H3/p+1. The summed E-state index contributed by atoms with van der Waals surface area (Å²) in [5, 5.41) is 0. The van der Waals surface area contributed by atoms with Crippen molar-refractivity contribution in [2.75, 3.05) is 14.2 Å². The third-order valence-electron chi connectivity index (χ3n) is 2.89. The maximum atomic E-state index is 5.26. The summed E-state index contributed by atoms with van der Waals surface area (Å²) in [6.45, 7) is 2.04. The molecule has 0 saturated heterocycles. The van der Waals surface area contributed by atoms with Gasteiger partial charge in [-0.25, -0.2) is 4.99 Å². The average Bonchev–Trinajstić information content (AvgIpc) is 2.47. The van der Waals surface area contributed by atoms with Crippen LogP contribution in [0.1, 0.15) is 12.5 Å². The van der Waals surface area contributed by atoms with Crippen LogP contribution in [0.4, 0.5) is 5.69 Å². The molecule has 2 rings (SSSR count). The molecule has 0 heterocycles. The maximum absolute atomic E-state index is 5.26. The zero-order valence-electron chi connectivity index (χ0n) is 11.4. The van der Waals surface area contributed by atoms with Gasteiger partial charge in [-0.05, 0) is 12.1 Å². The minimum absolute atomic E-state index is 0.766. The number of benzene rings is 2. The van der Waals surface area contributed by atoms with Crippen LogP contribution in [0.2, 0.25) is 0 Å². The molecular formula is C16H18NO2+. The van der Waals surface area contributed by atoms with Gasteiger partial charge in [0.1, 0.15) is 11.5 Å². The predicted octanol–water partition coefficient (Wildman–Crippen LogP) is 1.93. The second-order valence-corrected chi connectivity index (χ2v) is 4.22. The number of rotatable bonds is 4. The molecule has 1 N–H and O–H groups in total. The lowest BCUT2D eigenvalue weighted by Crippen LogP contribution is -2.65. The van der Waals surface area contributed by atoms with Crippen molar-refractivity contribution in [3.63, 3.8) is 0 Å². The van der Waals surface area contributed by atoms with Gasteiger partial charge in [0, 0.05) is 18.6 Å². The summed E-state index contributed by atoms with van der Waals surface area (Å²) in [4.78, 5) is 3.36. The Labute approximate surface area is 113 Å². The van der Waals surface area contributed by atoms with Crippen LogP contribution < -0.4 is 14.5 Å². The van der Waals surface area contributed by atoms with Crippen molar-refractivity contribution < 1.29 is 14.5 Å². The van der Waals surface area contributed by atoms with Gasteiger partial charge in [0.25, 0.3) is 0 Å². The quantitative estimate of drug-likeness (QED) is 0.848. The molecule has 0 spiro atoms. The molecule has 0 aliphatic heterocycles. The van der Waals surface area contributed by atoms with Crippen LogP contribution in [0, 0.1) is 0 Å². The minimum atomic E-state index is 0.766. The van der Waals surface area contributed by atoms with E-state index >= 15 is 0 Å². The molecule has 0 unspecified atom stereocenters. The topological polar surface area (TPSA) is 32.4 Å². The molecule has 3 nitrogen and oxygen atoms in total. The highest BCUT2D eigenvalue weighted by Crippen LogP contribution is 2.22. The van der Waals surface area contributed by atoms with Crippen LogP contribution in [0.15, 0.2) is 48.5 Å². The largest absolute Gasteiger partial charge is 0.496 e. The van der Waals surface area contributed by atoms with Crippen molar-refractivity contribution in [2.24, 2.45) is 0 Å². The Bertz CT molecular complexity index is 554. The van der Waals surface area contributed by atoms with Crippen molar-refractivity contribution in [1.29, 1.82) is 0 Å². The monoisotopic (exact) mass is 256 g/mol. The van der Waals surface area contributed by atoms with Gasteiger partial charge in [0.15, 0.2) is 5.71 Å². The fourth-order valence-corrected chi connectivity index (χ4v) is 1.86. The molecule has 0 saturated carbocycles. The van der Waals surface area contributed by atoms with Gasteiger partial charge in [-0.1, -0.05) is 18.2 Å². The van der Waals surface area contributed by atoms with E-state index in [-0.39, 0.29) is 0 Å². The first-order valence-electron chi connectivity index (χ1n) is 6.12. The highest BCUT2D eigenvalue weighted by molar-refractivity contribution is 5.94. The van der Waals surface area contributed by atoms with E-state index in [1.54, 1.807) is 14.2 Å². The fraction of sp³-hybridized carbons (Fsp3) is 0.188. The molecule has 0 aromatic heterocycles. The molecule has 0 atom stereocenters. The number of hydrogen-bond donors (Lipinski definition) is 1. The summed E-state index contributed by atoms with van der Waals surface area (Å²) < 4.78 is 10.5. The van der Waals surface area contributed by atoms with Crippen LogP contribution in [-0.4, -0.2) is 19.9 Å². The van der Waals surface area contributed by atoms with Gasteiger partial charge in [-0.15, -0.1) is 0 Å². The summed E-state index contributed by atoms with van der Waals surface area (Å²) >= 11 is 0. The first-order chi connectivity index (χ1) is 9.22. The first kappa shape index (κ1) is 13.1. The van der Waals surface area contributed by atoms with E-state index in [1.165, 1.54) is 0 Å². The van der Waals surface area contributed by atoms with E-state index < -0.39 is 0 Å². The molecule has 98 valence electrons. The summed E-state index contributed by atoms with van der Waals surface area (Å²) in [5.41, 5.74) is 3.18. The van der Waals surface area contributed by atoms with E-state index in [0.717, 1.165) is 28.5 Å². The van der Waals surface area contributed by atoms with Gasteiger partial charge >= 0.3 is 0 Å². The Kier molecular flexibility index (Phi) is 4.18. The second kappa shape index (κ2) is 6.05. The van der Waals surface area contributed by atoms with Crippen LogP contribution >= 0.6 is 0 Å². The van der Waals surface area contributed by atoms with Gasteiger partial charge in [-0.3, -0.25) is 0 Å². The van der Waals surface area contributed by atoms with Gasteiger partial charge < -0.3 is 9.47 Å². The third kappa shape index (κ3) is 3.35. The highest BCUT2D eigenvalue weighted by atomic mass is 16.5. The first-order valence-corrected chi connectivity index (χ1v) is 6.12. The van der Waals surface area contributed by atoms with Crippen LogP contribution in [0.5, 0.6) is 11.5 Å². The summed E-state index contributed by atoms with van der Waals surface area (Å²) in [6, 6.07) is 15.9. The zero-order chi connectivity index (χ0) is 13.7. The SMILES string of the molecule is COc1cc([NH+]=C(C)c2ccccc2)cc(OC)c1. The Morgan fingerprint density at radius 1 is 0.895 bits per heavy atom. The molecule has 0 fully saturated rings. The van der Waals surface area contributed by atoms with Crippen LogP contribution in [0.25, 0.3) is 0 Å². The zero-order valence-corrected chi connectivity index (χ0v) is 11.4. The molecule has 0 radical (unpaired) electrons. The predicted molar refractivity (Wildman–Crippen MR) is 76.4 cm³/mol. The lowest BCUT2D eigenvalue weighted by atomic mass is 10.1. The number of ether oxygens (including phenoxy) is 2. The van der Waals surface area contributed by atoms with Crippen molar-refractivity contribution in [3.05, 3.63) is 54.1 Å². The smallest absolute Gasteiger partial charge is 0.211 e. The number of nitrogens with one attached hydrogen (secondary N) is 1. The summed E-state index contributed by atoms with van der Waals surface area (Å²) in [5.74, 6) is 1.53. The Hall–Kier alpha value is -2.29. The molecule has 0 amide bonds. The summed E-state index contributed by atoms with van der Waals surface area (Å²) in [7, 11) is 3.29. The van der Waals surface area contributed by atoms with E-state index in [1.807, 2.05) is 43.3 Å². The molecule has 19 heavy (non-hydrogen) atoms. The second-order valence-electron chi connectivity index (χ2n) is 4.22. The van der Waals surface area contributed by atoms with E-state index in [2.05, 4.69) is 17.1 Å². The van der Waals surface area contributed by atoms with Crippen LogP contribution in [-0.2, 0) is 0 Å². The van der Waals surface area contributed by atoms with Crippen molar-refractivity contribution in [2.45, 2.75) is 6.92 Å². The molecule has 0 bridgehead atoms. The van der Waals surface area contributed by atoms with Crippen molar-refractivity contribution in [3.8, 4) is 11.5 Å². The van der Waals surface area contributed by atoms with E-state index in [9.17, 15) is 0 Å². The Morgan fingerprint density at radius 2 is 1.47 bits per heavy atom. The van der Waals surface area contributed by atoms with E-state index in [4.69, 9.17) is 9.47 Å². The van der Waals surface area contributed by atoms with Gasteiger partial charge in [0.05, 0.1) is 26.4 Å².